The molecule has 0 saturated heterocycles. The Balaban J connectivity index is 2.32. The zero-order valence-corrected chi connectivity index (χ0v) is 15.9. The van der Waals surface area contributed by atoms with Crippen molar-refractivity contribution < 1.29 is 31.3 Å². The summed E-state index contributed by atoms with van der Waals surface area (Å²) in [5.74, 6) is -5.29. The van der Waals surface area contributed by atoms with Gasteiger partial charge in [-0.3, -0.25) is 10.1 Å². The molecule has 13 heteroatoms. The zero-order valence-electron chi connectivity index (χ0n) is 14.4. The van der Waals surface area contributed by atoms with Gasteiger partial charge < -0.3 is 4.57 Å². The summed E-state index contributed by atoms with van der Waals surface area (Å²) in [7, 11) is 0. The number of benzene rings is 2. The van der Waals surface area contributed by atoms with Crippen molar-refractivity contribution >= 4 is 39.9 Å². The SMILES string of the molecule is O=[N+]([O-])c1ccccc1Cn1c(C(C(F)(F)F)C(F)(F)F)nc2cc(Cl)c(Cl)cc21. The molecule has 0 spiro atoms. The van der Waals surface area contributed by atoms with E-state index in [2.05, 4.69) is 4.98 Å². The molecule has 3 aromatic rings. The Bertz CT molecular complexity index is 1110. The first-order chi connectivity index (χ1) is 13.8. The molecule has 0 atom stereocenters. The summed E-state index contributed by atoms with van der Waals surface area (Å²) in [6.45, 7) is -0.677. The number of rotatable bonds is 4. The monoisotopic (exact) mass is 471 g/mol. The third kappa shape index (κ3) is 4.17. The van der Waals surface area contributed by atoms with E-state index in [1.54, 1.807) is 0 Å². The second-order valence-corrected chi connectivity index (χ2v) is 7.03. The third-order valence-electron chi connectivity index (χ3n) is 4.25. The standard InChI is InChI=1S/C17H9Cl2F6N3O2/c18-9-5-11-13(6-10(9)19)27(7-8-3-1-2-4-12(8)28(29)30)15(26-11)14(16(20,21)22)17(23,24)25/h1-6,14H,7H2. The zero-order chi connectivity index (χ0) is 22.4. The number of nitro benzene ring substituents is 1. The largest absolute Gasteiger partial charge is 0.407 e. The van der Waals surface area contributed by atoms with E-state index in [4.69, 9.17) is 23.2 Å². The van der Waals surface area contributed by atoms with Gasteiger partial charge in [0.15, 0.2) is 0 Å². The summed E-state index contributed by atoms with van der Waals surface area (Å²) in [5.41, 5.74) is -1.04. The summed E-state index contributed by atoms with van der Waals surface area (Å²) < 4.78 is 80.9. The lowest BCUT2D eigenvalue weighted by molar-refractivity contribution is -0.385. The van der Waals surface area contributed by atoms with Crippen LogP contribution in [0.15, 0.2) is 36.4 Å². The van der Waals surface area contributed by atoms with Crippen LogP contribution in [0.25, 0.3) is 11.0 Å². The van der Waals surface area contributed by atoms with E-state index in [0.717, 1.165) is 18.2 Å². The van der Waals surface area contributed by atoms with E-state index in [1.807, 2.05) is 0 Å². The molecule has 30 heavy (non-hydrogen) atoms. The molecular weight excluding hydrogens is 463 g/mol. The summed E-state index contributed by atoms with van der Waals surface area (Å²) in [6.07, 6.45) is -11.4. The first-order valence-electron chi connectivity index (χ1n) is 8.01. The minimum absolute atomic E-state index is 0.114. The topological polar surface area (TPSA) is 61.0 Å². The molecule has 0 saturated carbocycles. The molecule has 1 heterocycles. The maximum absolute atomic E-state index is 13.4. The van der Waals surface area contributed by atoms with Gasteiger partial charge in [0.25, 0.3) is 5.69 Å². The maximum atomic E-state index is 13.4. The van der Waals surface area contributed by atoms with Crippen LogP contribution in [0.3, 0.4) is 0 Å². The first-order valence-corrected chi connectivity index (χ1v) is 8.77. The van der Waals surface area contributed by atoms with Gasteiger partial charge in [0.2, 0.25) is 5.92 Å². The van der Waals surface area contributed by atoms with Gasteiger partial charge >= 0.3 is 12.4 Å². The van der Waals surface area contributed by atoms with Gasteiger partial charge in [0.05, 0.1) is 32.5 Å². The van der Waals surface area contributed by atoms with E-state index in [-0.39, 0.29) is 26.6 Å². The Labute approximate surface area is 174 Å². The van der Waals surface area contributed by atoms with Crippen molar-refractivity contribution in [1.29, 1.82) is 0 Å². The minimum atomic E-state index is -5.71. The summed E-state index contributed by atoms with van der Waals surface area (Å²) >= 11 is 11.7. The fourth-order valence-electron chi connectivity index (χ4n) is 3.00. The van der Waals surface area contributed by atoms with E-state index in [1.165, 1.54) is 18.2 Å². The second-order valence-electron chi connectivity index (χ2n) is 6.21. The molecule has 3 rings (SSSR count). The number of nitrogens with zero attached hydrogens (tertiary/aromatic N) is 3. The Hall–Kier alpha value is -2.53. The average Bonchev–Trinajstić information content (AvgIpc) is 2.90. The molecule has 0 bridgehead atoms. The van der Waals surface area contributed by atoms with Gasteiger partial charge in [-0.2, -0.15) is 26.3 Å². The van der Waals surface area contributed by atoms with Crippen LogP contribution in [0.2, 0.25) is 10.0 Å². The van der Waals surface area contributed by atoms with Crippen LogP contribution in [-0.4, -0.2) is 26.8 Å². The molecular formula is C17H9Cl2F6N3O2. The molecule has 0 N–H and O–H groups in total. The van der Waals surface area contributed by atoms with Crippen LogP contribution < -0.4 is 0 Å². The fourth-order valence-corrected chi connectivity index (χ4v) is 3.31. The minimum Gasteiger partial charge on any atom is -0.322 e. The quantitative estimate of drug-likeness (QED) is 0.247. The molecule has 5 nitrogen and oxygen atoms in total. The highest BCUT2D eigenvalue weighted by atomic mass is 35.5. The highest BCUT2D eigenvalue weighted by Gasteiger charge is 2.60. The lowest BCUT2D eigenvalue weighted by Gasteiger charge is -2.23. The Morgan fingerprint density at radius 2 is 1.60 bits per heavy atom. The number of aromatic nitrogens is 2. The number of imidazole rings is 1. The van der Waals surface area contributed by atoms with Gasteiger partial charge in [-0.15, -0.1) is 0 Å². The number of nitro groups is 1. The van der Waals surface area contributed by atoms with Crippen LogP contribution in [0, 0.1) is 10.1 Å². The Morgan fingerprint density at radius 1 is 1.03 bits per heavy atom. The number of alkyl halides is 6. The summed E-state index contributed by atoms with van der Waals surface area (Å²) in [5, 5.41) is 11.0. The first kappa shape index (κ1) is 22.2. The lowest BCUT2D eigenvalue weighted by atomic mass is 10.1. The van der Waals surface area contributed by atoms with Gasteiger partial charge in [-0.05, 0) is 12.1 Å². The number of halogens is 8. The van der Waals surface area contributed by atoms with Crippen LogP contribution in [0.5, 0.6) is 0 Å². The normalized spacial score (nSPS) is 12.7. The van der Waals surface area contributed by atoms with Crippen LogP contribution in [0.1, 0.15) is 17.3 Å². The van der Waals surface area contributed by atoms with Crippen molar-refractivity contribution in [3.8, 4) is 0 Å². The van der Waals surface area contributed by atoms with Crippen molar-refractivity contribution in [1.82, 2.24) is 9.55 Å². The Morgan fingerprint density at radius 3 is 2.17 bits per heavy atom. The van der Waals surface area contributed by atoms with Gasteiger partial charge in [-0.25, -0.2) is 4.98 Å². The fraction of sp³-hybridized carbons (Fsp3) is 0.235. The summed E-state index contributed by atoms with van der Waals surface area (Å²) in [4.78, 5) is 14.0. The van der Waals surface area contributed by atoms with Gasteiger partial charge in [-0.1, -0.05) is 41.4 Å². The molecule has 0 aliphatic rings. The number of fused-ring (bicyclic) bond motifs is 1. The molecule has 0 radical (unpaired) electrons. The van der Waals surface area contributed by atoms with Crippen LogP contribution >= 0.6 is 23.2 Å². The van der Waals surface area contributed by atoms with Gasteiger partial charge in [0, 0.05) is 11.6 Å². The van der Waals surface area contributed by atoms with Crippen LogP contribution in [-0.2, 0) is 6.54 Å². The van der Waals surface area contributed by atoms with E-state index >= 15 is 0 Å². The number of para-hydroxylation sites is 1. The highest BCUT2D eigenvalue weighted by molar-refractivity contribution is 6.42. The number of hydrogen-bond donors (Lipinski definition) is 0. The molecule has 1 aromatic heterocycles. The molecule has 0 amide bonds. The van der Waals surface area contributed by atoms with E-state index in [9.17, 15) is 36.5 Å². The smallest absolute Gasteiger partial charge is 0.322 e. The third-order valence-corrected chi connectivity index (χ3v) is 4.97. The molecule has 2 aromatic carbocycles. The van der Waals surface area contributed by atoms with E-state index in [0.29, 0.717) is 4.57 Å². The average molecular weight is 472 g/mol. The van der Waals surface area contributed by atoms with E-state index < -0.39 is 41.3 Å². The van der Waals surface area contributed by atoms with Crippen molar-refractivity contribution in [2.45, 2.75) is 24.8 Å². The van der Waals surface area contributed by atoms with Crippen molar-refractivity contribution in [3.63, 3.8) is 0 Å². The van der Waals surface area contributed by atoms with Crippen LogP contribution in [0.4, 0.5) is 32.0 Å². The highest BCUT2D eigenvalue weighted by Crippen LogP contribution is 2.47. The molecule has 0 unspecified atom stereocenters. The predicted molar refractivity (Wildman–Crippen MR) is 96.8 cm³/mol. The lowest BCUT2D eigenvalue weighted by Crippen LogP contribution is -2.36. The van der Waals surface area contributed by atoms with Crippen molar-refractivity contribution in [2.24, 2.45) is 0 Å². The molecule has 0 aliphatic heterocycles. The predicted octanol–water partition coefficient (Wildman–Crippen LogP) is 6.51. The Kier molecular flexibility index (Phi) is 5.63. The number of hydrogen-bond acceptors (Lipinski definition) is 3. The second kappa shape index (κ2) is 7.62. The summed E-state index contributed by atoms with van der Waals surface area (Å²) in [6, 6.07) is 7.09. The van der Waals surface area contributed by atoms with Crippen molar-refractivity contribution in [2.75, 3.05) is 0 Å². The van der Waals surface area contributed by atoms with Gasteiger partial charge in [0.1, 0.15) is 5.82 Å². The maximum Gasteiger partial charge on any atom is 0.407 e. The van der Waals surface area contributed by atoms with Crippen molar-refractivity contribution in [3.05, 3.63) is 67.9 Å². The molecule has 0 fully saturated rings. The molecule has 0 aliphatic carbocycles. The molecule has 160 valence electrons.